The molecule has 0 aliphatic carbocycles. The molecule has 0 aromatic rings. The summed E-state index contributed by atoms with van der Waals surface area (Å²) in [6.07, 6.45) is 0. The van der Waals surface area contributed by atoms with Gasteiger partial charge in [-0.2, -0.15) is 12.6 Å². The van der Waals surface area contributed by atoms with Gasteiger partial charge in [0.2, 0.25) is 0 Å². The number of rotatable bonds is 0. The second kappa shape index (κ2) is 11.6. The first-order valence-corrected chi connectivity index (χ1v) is 3.69. The van der Waals surface area contributed by atoms with Crippen molar-refractivity contribution in [3.63, 3.8) is 0 Å². The van der Waals surface area contributed by atoms with Crippen LogP contribution in [0.15, 0.2) is 0 Å². The number of hydrogen-bond acceptors (Lipinski definition) is 3. The van der Waals surface area contributed by atoms with Crippen molar-refractivity contribution in [3.05, 3.63) is 0 Å². The van der Waals surface area contributed by atoms with E-state index in [1.165, 1.54) is 0 Å². The fraction of sp³-hybridized carbons (Fsp3) is 0. The van der Waals surface area contributed by atoms with E-state index in [9.17, 15) is 0 Å². The molecule has 11 heteroatoms. The fourth-order valence-electron chi connectivity index (χ4n) is 0. The molecular formula is H5NaO7S2Zn. The molecule has 0 rings (SSSR count). The third kappa shape index (κ3) is 433. The van der Waals surface area contributed by atoms with Gasteiger partial charge in [0.05, 0.1) is 0 Å². The Morgan fingerprint density at radius 2 is 1.18 bits per heavy atom. The summed E-state index contributed by atoms with van der Waals surface area (Å²) in [4.78, 5) is 0. The summed E-state index contributed by atoms with van der Waals surface area (Å²) >= 11 is -2.61. The third-order valence-electron chi connectivity index (χ3n) is 0. The Balaban J connectivity index is -0.0000000221. The third-order valence-corrected chi connectivity index (χ3v) is 0. The molecule has 0 saturated heterocycles. The Hall–Kier alpha value is 1.56. The summed E-state index contributed by atoms with van der Waals surface area (Å²) in [6.45, 7) is 0. The molecule has 0 saturated carbocycles. The topological polar surface area (TPSA) is 132 Å². The van der Waals surface area contributed by atoms with Gasteiger partial charge >= 0.3 is 40.0 Å². The molecule has 0 unspecified atom stereocenters. The molecule has 0 radical (unpaired) electrons. The molecule has 11 heavy (non-hydrogen) atoms. The average molecular weight is 270 g/mol. The summed E-state index contributed by atoms with van der Waals surface area (Å²) in [5.74, 6) is 0. The van der Waals surface area contributed by atoms with E-state index in [-0.39, 0.29) is 50.5 Å². The molecule has 0 aromatic heterocycles. The maximum Gasteiger partial charge on any atom is 1.00 e. The Kier molecular flexibility index (Phi) is 24.1. The summed E-state index contributed by atoms with van der Waals surface area (Å²) in [5.41, 5.74) is 0. The molecule has 0 amide bonds. The minimum absolute atomic E-state index is 0. The smallest absolute Gasteiger partial charge is 1.00 e. The molecule has 0 fully saturated rings. The second-order valence-corrected chi connectivity index (χ2v) is 2.04. The van der Waals surface area contributed by atoms with Gasteiger partial charge in [-0.1, -0.05) is 0 Å². The van der Waals surface area contributed by atoms with E-state index in [0.29, 0.717) is 0 Å². The molecule has 0 atom stereocenters. The van der Waals surface area contributed by atoms with Crippen molar-refractivity contribution in [1.29, 1.82) is 0 Å². The Morgan fingerprint density at radius 1 is 1.18 bits per heavy atom. The van der Waals surface area contributed by atoms with Crippen LogP contribution >= 0.6 is 0 Å². The van der Waals surface area contributed by atoms with Crippen LogP contribution in [0.4, 0.5) is 0 Å². The maximum absolute atomic E-state index is 8.74. The van der Waals surface area contributed by atoms with E-state index in [4.69, 9.17) is 30.8 Å². The molecule has 0 spiro atoms. The number of hydrogen-bond donors (Lipinski definition) is 4. The molecule has 62 valence electrons. The van der Waals surface area contributed by atoms with Gasteiger partial charge < -0.3 is 1.43 Å². The minimum Gasteiger partial charge on any atom is -1.00 e. The summed E-state index contributed by atoms with van der Waals surface area (Å²) in [7, 11) is -4.67. The standard InChI is InChI=1S/Na.H2O4S.H2O3S.Zn.H/c;1-5(2,3)4;1-4(2)3;;/h;(H2,1,2,3,4);(H2,1,2,3);;/q+1;;;;-1. The molecule has 0 aliphatic heterocycles. The second-order valence-electron chi connectivity index (χ2n) is 0.679. The van der Waals surface area contributed by atoms with Crippen molar-refractivity contribution in [2.45, 2.75) is 0 Å². The van der Waals surface area contributed by atoms with Crippen LogP contribution in [0.1, 0.15) is 1.43 Å². The van der Waals surface area contributed by atoms with Crippen LogP contribution in [0.5, 0.6) is 0 Å². The Morgan fingerprint density at radius 3 is 1.18 bits per heavy atom. The van der Waals surface area contributed by atoms with E-state index in [1.54, 1.807) is 0 Å². The fourth-order valence-corrected chi connectivity index (χ4v) is 0. The van der Waals surface area contributed by atoms with Crippen molar-refractivity contribution in [1.82, 2.24) is 0 Å². The van der Waals surface area contributed by atoms with Crippen LogP contribution in [-0.4, -0.2) is 30.8 Å². The van der Waals surface area contributed by atoms with Gasteiger partial charge in [-0.05, 0) is 0 Å². The average Bonchev–Trinajstić information content (AvgIpc) is 1.19. The van der Waals surface area contributed by atoms with Crippen LogP contribution in [0.25, 0.3) is 0 Å². The largest absolute Gasteiger partial charge is 1.00 e. The monoisotopic (exact) mass is 268 g/mol. The molecular weight excluding hydrogens is 265 g/mol. The van der Waals surface area contributed by atoms with E-state index in [2.05, 4.69) is 0 Å². The van der Waals surface area contributed by atoms with Crippen LogP contribution in [0, 0.1) is 0 Å². The van der Waals surface area contributed by atoms with Crippen LogP contribution in [0.2, 0.25) is 0 Å². The minimum atomic E-state index is -4.67. The van der Waals surface area contributed by atoms with Gasteiger partial charge in [0, 0.05) is 19.5 Å². The van der Waals surface area contributed by atoms with Crippen molar-refractivity contribution in [3.8, 4) is 0 Å². The van der Waals surface area contributed by atoms with Crippen molar-refractivity contribution >= 4 is 21.8 Å². The quantitative estimate of drug-likeness (QED) is 0.201. The van der Waals surface area contributed by atoms with Gasteiger partial charge in [-0.3, -0.25) is 18.2 Å². The van der Waals surface area contributed by atoms with Crippen molar-refractivity contribution in [2.24, 2.45) is 0 Å². The first-order chi connectivity index (χ1) is 3.73. The van der Waals surface area contributed by atoms with Gasteiger partial charge in [0.1, 0.15) is 0 Å². The zero-order chi connectivity index (χ0) is 8.08. The van der Waals surface area contributed by atoms with E-state index in [0.717, 1.165) is 0 Å². The van der Waals surface area contributed by atoms with Crippen molar-refractivity contribution < 1.29 is 81.3 Å². The van der Waals surface area contributed by atoms with Crippen LogP contribution in [-0.2, 0) is 41.2 Å². The molecule has 0 aliphatic rings. The van der Waals surface area contributed by atoms with E-state index in [1.807, 2.05) is 0 Å². The first kappa shape index (κ1) is 22.9. The zero-order valence-electron chi connectivity index (χ0n) is 6.54. The van der Waals surface area contributed by atoms with Crippen LogP contribution in [0.3, 0.4) is 0 Å². The summed E-state index contributed by atoms with van der Waals surface area (Å²) in [6, 6.07) is 0. The first-order valence-electron chi connectivity index (χ1n) is 1.23. The predicted octanol–water partition coefficient (Wildman–Crippen LogP) is -3.86. The zero-order valence-corrected chi connectivity index (χ0v) is 12.1. The SMILES string of the molecule is O=S(=O)(O)O.O=S(O)O.[H-].[Na+].[Zn]. The summed E-state index contributed by atoms with van der Waals surface area (Å²) in [5, 5.41) is 0. The molecule has 0 aromatic carbocycles. The van der Waals surface area contributed by atoms with Crippen LogP contribution < -0.4 is 29.6 Å². The maximum atomic E-state index is 8.74. The van der Waals surface area contributed by atoms with Gasteiger partial charge in [-0.25, -0.2) is 0 Å². The normalized spacial score (nSPS) is 8.45. The molecule has 7 nitrogen and oxygen atoms in total. The van der Waals surface area contributed by atoms with Gasteiger partial charge in [-0.15, -0.1) is 0 Å². The summed E-state index contributed by atoms with van der Waals surface area (Å²) < 4.78 is 54.4. The molecule has 4 N–H and O–H groups in total. The Bertz CT molecular complexity index is 164. The van der Waals surface area contributed by atoms with Gasteiger partial charge in [0.15, 0.2) is 0 Å². The Labute approximate surface area is 102 Å². The van der Waals surface area contributed by atoms with Crippen molar-refractivity contribution in [2.75, 3.05) is 0 Å². The van der Waals surface area contributed by atoms with Gasteiger partial charge in [0.25, 0.3) is 11.4 Å². The molecule has 0 bridgehead atoms. The van der Waals surface area contributed by atoms with E-state index >= 15 is 0 Å². The van der Waals surface area contributed by atoms with E-state index < -0.39 is 21.8 Å². The predicted molar refractivity (Wildman–Crippen MR) is 28.7 cm³/mol. The molecule has 0 heterocycles.